The quantitative estimate of drug-likeness (QED) is 0.446. The van der Waals surface area contributed by atoms with Gasteiger partial charge in [0.15, 0.2) is 0 Å². The van der Waals surface area contributed by atoms with E-state index in [4.69, 9.17) is 0 Å². The molecule has 1 amide bonds. The minimum atomic E-state index is -1.06. The molecule has 0 N–H and O–H groups in total. The number of hydrogen-bond acceptors (Lipinski definition) is 5. The van der Waals surface area contributed by atoms with E-state index in [0.717, 1.165) is 26.3 Å². The van der Waals surface area contributed by atoms with Crippen LogP contribution >= 0.6 is 43.6 Å². The topological polar surface area (TPSA) is 101 Å². The lowest BCUT2D eigenvalue weighted by Gasteiger charge is -2.22. The van der Waals surface area contributed by atoms with Crippen molar-refractivity contribution in [2.24, 2.45) is 16.8 Å². The minimum Gasteiger partial charge on any atom is -0.266 e. The number of hydrogen-bond donors (Lipinski definition) is 0. The number of benzene rings is 2. The molecule has 2 aromatic carbocycles. The second-order valence-electron chi connectivity index (χ2n) is 6.34. The predicted molar refractivity (Wildman–Crippen MR) is 123 cm³/mol. The van der Waals surface area contributed by atoms with Crippen LogP contribution in [0.4, 0.5) is 0 Å². The van der Waals surface area contributed by atoms with Crippen molar-refractivity contribution in [1.82, 2.24) is 0 Å². The molecule has 2 unspecified atom stereocenters. The van der Waals surface area contributed by atoms with E-state index < -0.39 is 23.7 Å². The van der Waals surface area contributed by atoms with Gasteiger partial charge in [0.25, 0.3) is 5.91 Å². The number of halogens is 2. The van der Waals surface area contributed by atoms with Gasteiger partial charge in [0.2, 0.25) is 0 Å². The van der Waals surface area contributed by atoms with Gasteiger partial charge in [0, 0.05) is 14.9 Å². The average molecular weight is 540 g/mol. The van der Waals surface area contributed by atoms with Gasteiger partial charge < -0.3 is 0 Å². The highest BCUT2D eigenvalue weighted by Gasteiger charge is 2.38. The molecule has 0 aliphatic carbocycles. The Bertz CT molecular complexity index is 1140. The highest BCUT2D eigenvalue weighted by atomic mass is 79.9. The third-order valence-electron chi connectivity index (χ3n) is 4.46. The Balaban J connectivity index is 1.95. The summed E-state index contributed by atoms with van der Waals surface area (Å²) < 4.78 is 1.76. The average Bonchev–Trinajstić information content (AvgIpc) is 3.10. The molecule has 8 heteroatoms. The van der Waals surface area contributed by atoms with E-state index in [2.05, 4.69) is 42.9 Å². The second-order valence-corrected chi connectivity index (χ2v) is 9.23. The fraction of sp³-hybridized carbons (Fsp3) is 0.136. The first kappa shape index (κ1) is 22.0. The molecule has 1 heterocycles. The van der Waals surface area contributed by atoms with E-state index in [1.165, 1.54) is 0 Å². The summed E-state index contributed by atoms with van der Waals surface area (Å²) in [7, 11) is 0. The maximum absolute atomic E-state index is 12.5. The van der Waals surface area contributed by atoms with Gasteiger partial charge in [-0.05, 0) is 41.5 Å². The van der Waals surface area contributed by atoms with Crippen LogP contribution in [0.15, 0.2) is 67.4 Å². The fourth-order valence-electron chi connectivity index (χ4n) is 3.01. The summed E-state index contributed by atoms with van der Waals surface area (Å²) in [5.41, 5.74) is 1.49. The zero-order valence-corrected chi connectivity index (χ0v) is 19.3. The predicted octanol–water partition coefficient (Wildman–Crippen LogP) is 5.81. The molecule has 1 aliphatic heterocycles. The molecule has 0 fully saturated rings. The van der Waals surface area contributed by atoms with Crippen molar-refractivity contribution in [2.45, 2.75) is 5.92 Å². The maximum Gasteiger partial charge on any atom is 0.284 e. The Kier molecular flexibility index (Phi) is 7.24. The molecule has 1 aliphatic rings. The van der Waals surface area contributed by atoms with Crippen LogP contribution in [0.1, 0.15) is 17.0 Å². The van der Waals surface area contributed by atoms with E-state index in [1.54, 1.807) is 30.3 Å². The molecule has 5 nitrogen and oxygen atoms in total. The van der Waals surface area contributed by atoms with Gasteiger partial charge in [-0.15, -0.1) is 0 Å². The normalized spacial score (nSPS) is 16.5. The van der Waals surface area contributed by atoms with Gasteiger partial charge in [0.1, 0.15) is 16.9 Å². The van der Waals surface area contributed by atoms with Crippen LogP contribution < -0.4 is 0 Å². The van der Waals surface area contributed by atoms with Gasteiger partial charge in [-0.25, -0.2) is 4.99 Å². The maximum atomic E-state index is 12.5. The number of nitriles is 3. The monoisotopic (exact) mass is 538 g/mol. The minimum absolute atomic E-state index is 0.300. The van der Waals surface area contributed by atoms with Crippen molar-refractivity contribution in [3.63, 3.8) is 0 Å². The lowest BCUT2D eigenvalue weighted by molar-refractivity contribution is -0.113. The van der Waals surface area contributed by atoms with Crippen LogP contribution in [-0.4, -0.2) is 11.0 Å². The molecular formula is C22H12Br2N4OS. The number of carbonyl (C=O) groups is 1. The van der Waals surface area contributed by atoms with Crippen LogP contribution in [0.25, 0.3) is 6.08 Å². The molecule has 0 saturated heterocycles. The van der Waals surface area contributed by atoms with Crippen molar-refractivity contribution >= 4 is 60.6 Å². The highest BCUT2D eigenvalue weighted by Crippen LogP contribution is 2.40. The largest absolute Gasteiger partial charge is 0.284 e. The van der Waals surface area contributed by atoms with Crippen molar-refractivity contribution in [3.8, 4) is 18.2 Å². The van der Waals surface area contributed by atoms with Gasteiger partial charge in [-0.2, -0.15) is 15.8 Å². The van der Waals surface area contributed by atoms with E-state index >= 15 is 0 Å². The molecule has 0 bridgehead atoms. The summed E-state index contributed by atoms with van der Waals surface area (Å²) in [6.07, 6.45) is 1.71. The van der Waals surface area contributed by atoms with E-state index in [9.17, 15) is 20.6 Å². The molecule has 0 radical (unpaired) electrons. The third-order valence-corrected chi connectivity index (χ3v) is 6.59. The van der Waals surface area contributed by atoms with Crippen molar-refractivity contribution in [3.05, 3.63) is 73.5 Å². The van der Waals surface area contributed by atoms with Crippen LogP contribution in [0, 0.1) is 45.8 Å². The van der Waals surface area contributed by atoms with E-state index in [1.807, 2.05) is 36.4 Å². The number of thioether (sulfide) groups is 1. The van der Waals surface area contributed by atoms with Gasteiger partial charge in [-0.3, -0.25) is 4.79 Å². The van der Waals surface area contributed by atoms with Crippen LogP contribution in [0.5, 0.6) is 0 Å². The molecule has 0 spiro atoms. The van der Waals surface area contributed by atoms with Gasteiger partial charge >= 0.3 is 0 Å². The van der Waals surface area contributed by atoms with E-state index in [0.29, 0.717) is 15.5 Å². The summed E-state index contributed by atoms with van der Waals surface area (Å²) in [6.45, 7) is 0. The standard InChI is InChI=1S/C22H12Br2N4OS/c23-16-5-1-13(2-6-16)9-19-21(29)28-22(30-19)18(12-27)20(15(10-25)11-26)14-3-7-17(24)8-4-14/h1-9,15,18,20H/b19-9-. The number of rotatable bonds is 5. The van der Waals surface area contributed by atoms with Gasteiger partial charge in [-0.1, -0.05) is 67.9 Å². The molecule has 3 rings (SSSR count). The third kappa shape index (κ3) is 4.89. The molecule has 2 atom stereocenters. The van der Waals surface area contributed by atoms with Crippen LogP contribution in [0.3, 0.4) is 0 Å². The zero-order valence-electron chi connectivity index (χ0n) is 15.3. The Morgan fingerprint density at radius 3 is 2.00 bits per heavy atom. The Morgan fingerprint density at radius 2 is 1.47 bits per heavy atom. The molecule has 146 valence electrons. The van der Waals surface area contributed by atoms with Crippen molar-refractivity contribution in [2.75, 3.05) is 0 Å². The van der Waals surface area contributed by atoms with Crippen molar-refractivity contribution in [1.29, 1.82) is 15.8 Å². The zero-order chi connectivity index (χ0) is 21.7. The lowest BCUT2D eigenvalue weighted by atomic mass is 9.79. The molecule has 0 saturated carbocycles. The summed E-state index contributed by atoms with van der Waals surface area (Å²) in [4.78, 5) is 16.9. The summed E-state index contributed by atoms with van der Waals surface area (Å²) in [5.74, 6) is -3.13. The van der Waals surface area contributed by atoms with Crippen molar-refractivity contribution < 1.29 is 4.79 Å². The first-order valence-electron chi connectivity index (χ1n) is 8.69. The molecule has 30 heavy (non-hydrogen) atoms. The number of carbonyl (C=O) groups excluding carboxylic acids is 1. The van der Waals surface area contributed by atoms with Crippen LogP contribution in [0.2, 0.25) is 0 Å². The van der Waals surface area contributed by atoms with Crippen LogP contribution in [-0.2, 0) is 4.79 Å². The first-order valence-corrected chi connectivity index (χ1v) is 11.1. The Labute approximate surface area is 195 Å². The second kappa shape index (κ2) is 9.87. The molecular weight excluding hydrogens is 528 g/mol. The van der Waals surface area contributed by atoms with E-state index in [-0.39, 0.29) is 0 Å². The molecule has 2 aromatic rings. The summed E-state index contributed by atoms with van der Waals surface area (Å²) in [6, 6.07) is 20.7. The smallest absolute Gasteiger partial charge is 0.266 e. The number of nitrogens with zero attached hydrogens (tertiary/aromatic N) is 4. The fourth-order valence-corrected chi connectivity index (χ4v) is 4.55. The first-order chi connectivity index (χ1) is 14.5. The highest BCUT2D eigenvalue weighted by molar-refractivity contribution is 9.10. The SMILES string of the molecule is N#CC(C#N)C(c1ccc(Br)cc1)C(C#N)C1=NC(=O)/C(=C/c2ccc(Br)cc2)S1. The molecule has 0 aromatic heterocycles. The summed E-state index contributed by atoms with van der Waals surface area (Å²) >= 11 is 7.84. The summed E-state index contributed by atoms with van der Waals surface area (Å²) in [5, 5.41) is 29.2. The number of amides is 1. The number of aliphatic imine (C=N–C) groups is 1. The van der Waals surface area contributed by atoms with Gasteiger partial charge in [0.05, 0.1) is 23.1 Å². The Morgan fingerprint density at radius 1 is 0.900 bits per heavy atom. The lowest BCUT2D eigenvalue weighted by Crippen LogP contribution is -2.24. The Hall–Kier alpha value is -2.70.